The van der Waals surface area contributed by atoms with E-state index in [0.717, 1.165) is 30.0 Å². The van der Waals surface area contributed by atoms with Crippen LogP contribution in [0.3, 0.4) is 0 Å². The molecule has 2 aromatic carbocycles. The monoisotopic (exact) mass is 684 g/mol. The lowest BCUT2D eigenvalue weighted by atomic mass is 9.95. The van der Waals surface area contributed by atoms with Gasteiger partial charge in [-0.25, -0.2) is 18.4 Å². The first-order valence-corrected chi connectivity index (χ1v) is 16.1. The van der Waals surface area contributed by atoms with Gasteiger partial charge in [-0.1, -0.05) is 0 Å². The largest absolute Gasteiger partial charge is 0.444 e. The Kier molecular flexibility index (Phi) is 9.82. The molecule has 256 valence electrons. The molecule has 1 aromatic heterocycles. The lowest BCUT2D eigenvalue weighted by molar-refractivity contribution is -0.137. The van der Waals surface area contributed by atoms with Gasteiger partial charge in [-0.05, 0) is 52.8 Å². The number of amides is 1. The molecule has 0 spiro atoms. The average Bonchev–Trinajstić information content (AvgIpc) is 2.97. The minimum absolute atomic E-state index is 0.0175. The van der Waals surface area contributed by atoms with E-state index < -0.39 is 70.0 Å². The summed E-state index contributed by atoms with van der Waals surface area (Å²) in [6, 6.07) is 1.77. The molecule has 47 heavy (non-hydrogen) atoms. The Morgan fingerprint density at radius 1 is 1.06 bits per heavy atom. The van der Waals surface area contributed by atoms with E-state index in [0.29, 0.717) is 12.7 Å². The second kappa shape index (κ2) is 13.2. The third-order valence-corrected chi connectivity index (χ3v) is 9.30. The zero-order valence-corrected chi connectivity index (χ0v) is 27.7. The van der Waals surface area contributed by atoms with Gasteiger partial charge in [0.15, 0.2) is 0 Å². The van der Waals surface area contributed by atoms with Gasteiger partial charge in [-0.15, -0.1) is 11.8 Å². The SMILES string of the molecule is COCCOC[C@H]1CSc2c(-c3ccc(F)cc3F)c(C(F)(F)F)cc3c(N4C[C@H](C)N(C(=O)OC(C)(C)C)C[C@@H]4C)nc(=O)n1c23. The highest BCUT2D eigenvalue weighted by Gasteiger charge is 2.41. The first kappa shape index (κ1) is 34.9. The molecule has 0 bridgehead atoms. The third kappa shape index (κ3) is 7.07. The van der Waals surface area contributed by atoms with Gasteiger partial charge in [-0.2, -0.15) is 18.2 Å². The number of rotatable bonds is 7. The number of piperazine rings is 1. The molecule has 0 N–H and O–H groups in total. The van der Waals surface area contributed by atoms with Gasteiger partial charge in [-0.3, -0.25) is 4.57 Å². The number of hydrogen-bond acceptors (Lipinski definition) is 8. The van der Waals surface area contributed by atoms with E-state index in [-0.39, 0.29) is 53.7 Å². The van der Waals surface area contributed by atoms with Gasteiger partial charge < -0.3 is 24.0 Å². The molecule has 1 saturated heterocycles. The number of thioether (sulfide) groups is 1. The van der Waals surface area contributed by atoms with Crippen LogP contribution in [-0.2, 0) is 20.4 Å². The first-order valence-electron chi connectivity index (χ1n) is 15.1. The number of methoxy groups -OCH3 is 1. The van der Waals surface area contributed by atoms with Crippen molar-refractivity contribution in [1.29, 1.82) is 0 Å². The molecule has 1 fully saturated rings. The molecule has 3 atom stereocenters. The molecule has 9 nitrogen and oxygen atoms in total. The fourth-order valence-electron chi connectivity index (χ4n) is 5.97. The van der Waals surface area contributed by atoms with E-state index in [1.807, 2.05) is 0 Å². The molecule has 0 aliphatic carbocycles. The Labute approximate surface area is 273 Å². The zero-order chi connectivity index (χ0) is 34.4. The quantitative estimate of drug-likeness (QED) is 0.206. The van der Waals surface area contributed by atoms with Crippen molar-refractivity contribution in [3.05, 3.63) is 51.9 Å². The van der Waals surface area contributed by atoms with E-state index in [1.165, 1.54) is 11.7 Å². The number of aromatic nitrogens is 2. The number of carbonyl (C=O) groups excluding carboxylic acids is 1. The van der Waals surface area contributed by atoms with Crippen LogP contribution in [0.4, 0.5) is 32.6 Å². The number of halogens is 5. The van der Waals surface area contributed by atoms with Crippen molar-refractivity contribution < 1.29 is 41.0 Å². The van der Waals surface area contributed by atoms with Crippen LogP contribution >= 0.6 is 11.8 Å². The lowest BCUT2D eigenvalue weighted by Crippen LogP contribution is -2.59. The second-order valence-electron chi connectivity index (χ2n) is 12.7. The minimum atomic E-state index is -4.95. The first-order chi connectivity index (χ1) is 22.0. The lowest BCUT2D eigenvalue weighted by Gasteiger charge is -2.45. The fraction of sp³-hybridized carbons (Fsp3) is 0.531. The van der Waals surface area contributed by atoms with Gasteiger partial charge in [0.2, 0.25) is 0 Å². The minimum Gasteiger partial charge on any atom is -0.444 e. The Bertz CT molecular complexity index is 1730. The van der Waals surface area contributed by atoms with Crippen LogP contribution in [0, 0.1) is 11.6 Å². The number of nitrogens with zero attached hydrogens (tertiary/aromatic N) is 4. The molecular weight excluding hydrogens is 647 g/mol. The number of hydrogen-bond donors (Lipinski definition) is 0. The summed E-state index contributed by atoms with van der Waals surface area (Å²) in [5.74, 6) is -1.95. The van der Waals surface area contributed by atoms with Crippen molar-refractivity contribution in [2.75, 3.05) is 50.7 Å². The van der Waals surface area contributed by atoms with E-state index in [9.17, 15) is 27.2 Å². The van der Waals surface area contributed by atoms with E-state index in [1.54, 1.807) is 44.4 Å². The number of benzene rings is 2. The standard InChI is InChI=1S/C32H37F5N4O5S/c1-17-14-40(30(43)46-31(3,4)5)18(2)13-39(17)28-22-12-23(32(35,36)37)25(21-8-7-19(33)11-24(21)34)27-26(22)41(29(42)38-28)20(16-47-27)15-45-10-9-44-6/h7-8,11-12,17-18,20H,9-10,13-16H2,1-6H3/t17-,18-,20-/m0/s1. The van der Waals surface area contributed by atoms with Crippen LogP contribution < -0.4 is 10.6 Å². The average molecular weight is 685 g/mol. The maximum absolute atomic E-state index is 15.2. The molecule has 0 unspecified atom stereocenters. The smallest absolute Gasteiger partial charge is 0.417 e. The van der Waals surface area contributed by atoms with Crippen LogP contribution in [0.2, 0.25) is 0 Å². The zero-order valence-electron chi connectivity index (χ0n) is 26.9. The summed E-state index contributed by atoms with van der Waals surface area (Å²) in [5, 5.41) is 0.0389. The molecule has 0 saturated carbocycles. The molecule has 2 aliphatic heterocycles. The Morgan fingerprint density at radius 2 is 1.79 bits per heavy atom. The summed E-state index contributed by atoms with van der Waals surface area (Å²) in [4.78, 5) is 34.5. The Balaban J connectivity index is 1.73. The second-order valence-corrected chi connectivity index (χ2v) is 13.8. The normalized spacial score (nSPS) is 20.2. The summed E-state index contributed by atoms with van der Waals surface area (Å²) in [5.41, 5.74) is -3.36. The van der Waals surface area contributed by atoms with Gasteiger partial charge >= 0.3 is 18.0 Å². The number of anilines is 1. The number of ether oxygens (including phenoxy) is 3. The molecule has 3 heterocycles. The third-order valence-electron chi connectivity index (χ3n) is 8.06. The van der Waals surface area contributed by atoms with E-state index in [2.05, 4.69) is 4.98 Å². The van der Waals surface area contributed by atoms with Crippen LogP contribution in [-0.4, -0.2) is 84.0 Å². The highest BCUT2D eigenvalue weighted by atomic mass is 32.2. The van der Waals surface area contributed by atoms with Gasteiger partial charge in [0.25, 0.3) is 0 Å². The number of carbonyl (C=O) groups is 1. The molecule has 2 aliphatic rings. The topological polar surface area (TPSA) is 86.1 Å². The Hall–Kier alpha value is -3.43. The number of alkyl halides is 3. The highest BCUT2D eigenvalue weighted by molar-refractivity contribution is 7.99. The van der Waals surface area contributed by atoms with Crippen LogP contribution in [0.5, 0.6) is 0 Å². The molecular formula is C32H37F5N4O5S. The van der Waals surface area contributed by atoms with Crippen molar-refractivity contribution in [3.63, 3.8) is 0 Å². The molecule has 0 radical (unpaired) electrons. The molecule has 1 amide bonds. The van der Waals surface area contributed by atoms with E-state index >= 15 is 4.39 Å². The fourth-order valence-corrected chi connectivity index (χ4v) is 7.29. The Morgan fingerprint density at radius 3 is 2.43 bits per heavy atom. The van der Waals surface area contributed by atoms with Gasteiger partial charge in [0, 0.05) is 65.5 Å². The van der Waals surface area contributed by atoms with Crippen LogP contribution in [0.15, 0.2) is 34.0 Å². The molecule has 15 heteroatoms. The van der Waals surface area contributed by atoms with Crippen LogP contribution in [0.1, 0.15) is 46.2 Å². The van der Waals surface area contributed by atoms with E-state index in [4.69, 9.17) is 14.2 Å². The summed E-state index contributed by atoms with van der Waals surface area (Å²) in [6.07, 6.45) is -5.48. The van der Waals surface area contributed by atoms with Gasteiger partial charge in [0.05, 0.1) is 36.9 Å². The van der Waals surface area contributed by atoms with Crippen molar-refractivity contribution in [2.24, 2.45) is 0 Å². The summed E-state index contributed by atoms with van der Waals surface area (Å²) >= 11 is 1.05. The van der Waals surface area contributed by atoms with Crippen LogP contribution in [0.25, 0.3) is 22.0 Å². The molecule has 3 aromatic rings. The summed E-state index contributed by atoms with van der Waals surface area (Å²) in [7, 11) is 1.51. The predicted molar refractivity (Wildman–Crippen MR) is 168 cm³/mol. The summed E-state index contributed by atoms with van der Waals surface area (Å²) < 4.78 is 91.4. The highest BCUT2D eigenvalue weighted by Crippen LogP contribution is 2.50. The molecule has 5 rings (SSSR count). The van der Waals surface area contributed by atoms with Crippen molar-refractivity contribution in [1.82, 2.24) is 14.5 Å². The maximum Gasteiger partial charge on any atom is 0.417 e. The predicted octanol–water partition coefficient (Wildman–Crippen LogP) is 6.50. The summed E-state index contributed by atoms with van der Waals surface area (Å²) in [6.45, 7) is 9.69. The van der Waals surface area contributed by atoms with Gasteiger partial charge in [0.1, 0.15) is 23.1 Å². The van der Waals surface area contributed by atoms with Crippen molar-refractivity contribution in [3.8, 4) is 11.1 Å². The van der Waals surface area contributed by atoms with Crippen molar-refractivity contribution in [2.45, 2.75) is 69.4 Å². The van der Waals surface area contributed by atoms with Crippen molar-refractivity contribution >= 4 is 34.6 Å². The maximum atomic E-state index is 15.2.